The summed E-state index contributed by atoms with van der Waals surface area (Å²) in [4.78, 5) is 22.6. The van der Waals surface area contributed by atoms with Gasteiger partial charge in [0.25, 0.3) is 5.91 Å². The molecule has 0 radical (unpaired) electrons. The summed E-state index contributed by atoms with van der Waals surface area (Å²) in [6.07, 6.45) is 3.13. The van der Waals surface area contributed by atoms with Crippen molar-refractivity contribution in [2.45, 2.75) is 13.1 Å². The molecule has 0 atom stereocenters. The van der Waals surface area contributed by atoms with Crippen molar-refractivity contribution in [3.05, 3.63) is 58.2 Å². The standard InChI is InChI=1S/C16H12Cl2N6O/c17-11-3-1-2-10(14(11)18)16(25)23-6-7-24-13(8-23)21-22-15(24)12-4-5-19-9-20-12/h1-5,9H,6-8H2. The second-order valence-corrected chi connectivity index (χ2v) is 6.30. The van der Waals surface area contributed by atoms with Crippen molar-refractivity contribution < 1.29 is 4.79 Å². The van der Waals surface area contributed by atoms with Crippen LogP contribution < -0.4 is 0 Å². The first-order valence-electron chi connectivity index (χ1n) is 7.57. The zero-order valence-electron chi connectivity index (χ0n) is 12.9. The number of nitrogens with zero attached hydrogens (tertiary/aromatic N) is 6. The van der Waals surface area contributed by atoms with Gasteiger partial charge in [-0.1, -0.05) is 29.3 Å². The zero-order valence-corrected chi connectivity index (χ0v) is 14.4. The Kier molecular flexibility index (Phi) is 4.10. The fourth-order valence-electron chi connectivity index (χ4n) is 2.78. The van der Waals surface area contributed by atoms with Crippen LogP contribution in [0.2, 0.25) is 10.0 Å². The Morgan fingerprint density at radius 3 is 2.80 bits per heavy atom. The van der Waals surface area contributed by atoms with Gasteiger partial charge in [0, 0.05) is 19.3 Å². The van der Waals surface area contributed by atoms with E-state index < -0.39 is 0 Å². The highest BCUT2D eigenvalue weighted by molar-refractivity contribution is 6.43. The molecule has 4 rings (SSSR count). The maximum Gasteiger partial charge on any atom is 0.255 e. The molecular weight excluding hydrogens is 363 g/mol. The van der Waals surface area contributed by atoms with Gasteiger partial charge in [-0.2, -0.15) is 0 Å². The Morgan fingerprint density at radius 1 is 1.12 bits per heavy atom. The fourth-order valence-corrected chi connectivity index (χ4v) is 3.16. The lowest BCUT2D eigenvalue weighted by Crippen LogP contribution is -2.38. The predicted octanol–water partition coefficient (Wildman–Crippen LogP) is 2.70. The number of aromatic nitrogens is 5. The molecular formula is C16H12Cl2N6O. The minimum Gasteiger partial charge on any atom is -0.329 e. The van der Waals surface area contributed by atoms with E-state index in [1.807, 2.05) is 4.57 Å². The Balaban J connectivity index is 1.61. The summed E-state index contributed by atoms with van der Waals surface area (Å²) in [7, 11) is 0. The van der Waals surface area contributed by atoms with E-state index in [9.17, 15) is 4.79 Å². The number of benzene rings is 1. The van der Waals surface area contributed by atoms with Gasteiger partial charge in [0.2, 0.25) is 0 Å². The molecule has 3 heterocycles. The maximum absolute atomic E-state index is 12.8. The molecule has 25 heavy (non-hydrogen) atoms. The van der Waals surface area contributed by atoms with Crippen LogP contribution in [0.3, 0.4) is 0 Å². The first-order valence-corrected chi connectivity index (χ1v) is 8.32. The van der Waals surface area contributed by atoms with Crippen LogP contribution in [0.5, 0.6) is 0 Å². The smallest absolute Gasteiger partial charge is 0.255 e. The molecule has 1 amide bonds. The molecule has 3 aromatic rings. The quantitative estimate of drug-likeness (QED) is 0.688. The average Bonchev–Trinajstić information content (AvgIpc) is 3.07. The lowest BCUT2D eigenvalue weighted by Gasteiger charge is -2.28. The largest absolute Gasteiger partial charge is 0.329 e. The van der Waals surface area contributed by atoms with Gasteiger partial charge in [-0.15, -0.1) is 10.2 Å². The Morgan fingerprint density at radius 2 is 2.00 bits per heavy atom. The number of carbonyl (C=O) groups is 1. The number of halogens is 2. The number of rotatable bonds is 2. The zero-order chi connectivity index (χ0) is 17.4. The first kappa shape index (κ1) is 16.0. The SMILES string of the molecule is O=C(c1cccc(Cl)c1Cl)N1CCn2c(nnc2-c2ccncn2)C1. The van der Waals surface area contributed by atoms with E-state index in [-0.39, 0.29) is 10.9 Å². The summed E-state index contributed by atoms with van der Waals surface area (Å²) < 4.78 is 1.96. The third-order valence-electron chi connectivity index (χ3n) is 4.03. The molecule has 0 unspecified atom stereocenters. The molecule has 2 aromatic heterocycles. The summed E-state index contributed by atoms with van der Waals surface area (Å²) in [6, 6.07) is 6.81. The number of carbonyl (C=O) groups excluding carboxylic acids is 1. The van der Waals surface area contributed by atoms with Gasteiger partial charge in [-0.25, -0.2) is 9.97 Å². The Hall–Kier alpha value is -2.51. The molecule has 1 aliphatic rings. The van der Waals surface area contributed by atoms with Gasteiger partial charge in [0.1, 0.15) is 12.0 Å². The van der Waals surface area contributed by atoms with E-state index in [4.69, 9.17) is 23.2 Å². The van der Waals surface area contributed by atoms with Crippen molar-refractivity contribution in [2.75, 3.05) is 6.54 Å². The average molecular weight is 375 g/mol. The van der Waals surface area contributed by atoms with Gasteiger partial charge in [0.15, 0.2) is 11.6 Å². The topological polar surface area (TPSA) is 76.8 Å². The molecule has 0 fully saturated rings. The van der Waals surface area contributed by atoms with Crippen LogP contribution in [0, 0.1) is 0 Å². The molecule has 9 heteroatoms. The lowest BCUT2D eigenvalue weighted by molar-refractivity contribution is 0.0708. The Labute approximate surface area is 153 Å². The summed E-state index contributed by atoms with van der Waals surface area (Å²) in [5, 5.41) is 9.03. The highest BCUT2D eigenvalue weighted by Crippen LogP contribution is 2.28. The van der Waals surface area contributed by atoms with Crippen LogP contribution in [0.15, 0.2) is 36.8 Å². The van der Waals surface area contributed by atoms with Gasteiger partial charge < -0.3 is 9.47 Å². The van der Waals surface area contributed by atoms with Crippen molar-refractivity contribution in [1.29, 1.82) is 0 Å². The summed E-state index contributed by atoms with van der Waals surface area (Å²) in [5.41, 5.74) is 1.09. The second kappa shape index (κ2) is 6.42. The number of amides is 1. The fraction of sp³-hybridized carbons (Fsp3) is 0.188. The van der Waals surface area contributed by atoms with Gasteiger partial charge >= 0.3 is 0 Å². The van der Waals surface area contributed by atoms with Crippen molar-refractivity contribution in [1.82, 2.24) is 29.6 Å². The normalized spacial score (nSPS) is 13.6. The molecule has 1 aromatic carbocycles. The molecule has 7 nitrogen and oxygen atoms in total. The van der Waals surface area contributed by atoms with Crippen LogP contribution in [-0.2, 0) is 13.1 Å². The van der Waals surface area contributed by atoms with E-state index in [1.165, 1.54) is 6.33 Å². The van der Waals surface area contributed by atoms with Gasteiger partial charge in [-0.05, 0) is 18.2 Å². The summed E-state index contributed by atoms with van der Waals surface area (Å²) >= 11 is 12.2. The van der Waals surface area contributed by atoms with E-state index in [0.29, 0.717) is 47.6 Å². The van der Waals surface area contributed by atoms with E-state index in [2.05, 4.69) is 20.2 Å². The number of fused-ring (bicyclic) bond motifs is 1. The lowest BCUT2D eigenvalue weighted by atomic mass is 10.2. The van der Waals surface area contributed by atoms with Crippen LogP contribution in [0.4, 0.5) is 0 Å². The molecule has 0 bridgehead atoms. The van der Waals surface area contributed by atoms with Crippen molar-refractivity contribution >= 4 is 29.1 Å². The van der Waals surface area contributed by atoms with Crippen molar-refractivity contribution in [3.63, 3.8) is 0 Å². The molecule has 0 aliphatic carbocycles. The van der Waals surface area contributed by atoms with Crippen LogP contribution >= 0.6 is 23.2 Å². The van der Waals surface area contributed by atoms with Crippen LogP contribution in [0.1, 0.15) is 16.2 Å². The molecule has 0 saturated carbocycles. The minimum atomic E-state index is -0.176. The summed E-state index contributed by atoms with van der Waals surface area (Å²) in [5.74, 6) is 1.20. The second-order valence-electron chi connectivity index (χ2n) is 5.51. The number of hydrogen-bond donors (Lipinski definition) is 0. The van der Waals surface area contributed by atoms with E-state index >= 15 is 0 Å². The highest BCUT2D eigenvalue weighted by Gasteiger charge is 2.27. The monoisotopic (exact) mass is 374 g/mol. The van der Waals surface area contributed by atoms with E-state index in [0.717, 1.165) is 0 Å². The summed E-state index contributed by atoms with van der Waals surface area (Å²) in [6.45, 7) is 1.44. The highest BCUT2D eigenvalue weighted by atomic mass is 35.5. The molecule has 126 valence electrons. The van der Waals surface area contributed by atoms with Crippen LogP contribution in [0.25, 0.3) is 11.5 Å². The van der Waals surface area contributed by atoms with E-state index in [1.54, 1.807) is 35.4 Å². The number of hydrogen-bond acceptors (Lipinski definition) is 5. The third kappa shape index (κ3) is 2.85. The molecule has 1 aliphatic heterocycles. The van der Waals surface area contributed by atoms with Gasteiger partial charge in [0.05, 0.1) is 22.2 Å². The molecule has 0 saturated heterocycles. The maximum atomic E-state index is 12.8. The Bertz CT molecular complexity index is 943. The van der Waals surface area contributed by atoms with Crippen molar-refractivity contribution in [3.8, 4) is 11.5 Å². The van der Waals surface area contributed by atoms with Crippen molar-refractivity contribution in [2.24, 2.45) is 0 Å². The third-order valence-corrected chi connectivity index (χ3v) is 4.85. The predicted molar refractivity (Wildman–Crippen MR) is 92.3 cm³/mol. The molecule has 0 N–H and O–H groups in total. The molecule has 0 spiro atoms. The first-order chi connectivity index (χ1) is 12.1. The van der Waals surface area contributed by atoms with Gasteiger partial charge in [-0.3, -0.25) is 4.79 Å². The minimum absolute atomic E-state index is 0.176. The van der Waals surface area contributed by atoms with Crippen LogP contribution in [-0.4, -0.2) is 42.1 Å².